The van der Waals surface area contributed by atoms with Gasteiger partial charge in [0.2, 0.25) is 0 Å². The summed E-state index contributed by atoms with van der Waals surface area (Å²) >= 11 is 11.0. The summed E-state index contributed by atoms with van der Waals surface area (Å²) in [6.45, 7) is 1.47. The molecule has 4 aromatic carbocycles. The van der Waals surface area contributed by atoms with Crippen LogP contribution in [-0.4, -0.2) is 41.1 Å². The van der Waals surface area contributed by atoms with Crippen LogP contribution in [0, 0.1) is 28.3 Å². The van der Waals surface area contributed by atoms with Crippen LogP contribution in [0.5, 0.6) is 28.7 Å². The maximum absolute atomic E-state index is 13.4. The lowest BCUT2D eigenvalue weighted by molar-refractivity contribution is 0.0701. The van der Waals surface area contributed by atoms with E-state index in [9.17, 15) is 37.6 Å². The van der Waals surface area contributed by atoms with Gasteiger partial charge in [0.25, 0.3) is 10.1 Å². The van der Waals surface area contributed by atoms with E-state index in [0.717, 1.165) is 0 Å². The maximum Gasteiger partial charge on any atom is 0.347 e. The maximum atomic E-state index is 13.4. The SMILES string of the molecule is Cc1c(OC(=O)c2cc(I)cc(I)c2O)cc(C(=O)Oc2cc(I)c(S(=O)(=O)O)c(I)c2)cc1OC(=O)c1cc(I)cc(I)c1O. The molecule has 0 amide bonds. The van der Waals surface area contributed by atoms with Gasteiger partial charge in [-0.3, -0.25) is 4.55 Å². The molecule has 0 saturated carbocycles. The van der Waals surface area contributed by atoms with E-state index in [0.29, 0.717) is 14.3 Å². The number of ether oxygens (including phenoxy) is 3. The Hall–Kier alpha value is -0.820. The van der Waals surface area contributed by atoms with E-state index < -0.39 is 28.0 Å². The molecule has 0 spiro atoms. The minimum Gasteiger partial charge on any atom is -0.506 e. The smallest absolute Gasteiger partial charge is 0.347 e. The number of halogens is 6. The highest BCUT2D eigenvalue weighted by atomic mass is 127. The number of rotatable bonds is 7. The monoisotopic (exact) mass is 1320 g/mol. The van der Waals surface area contributed by atoms with Crippen molar-refractivity contribution in [3.63, 3.8) is 0 Å². The predicted octanol–water partition coefficient (Wildman–Crippen LogP) is 7.94. The van der Waals surface area contributed by atoms with Gasteiger partial charge in [-0.2, -0.15) is 8.42 Å². The zero-order chi connectivity index (χ0) is 34.2. The topological polar surface area (TPSA) is 174 Å². The number of carbonyl (C=O) groups is 3. The number of carbonyl (C=O) groups excluding carboxylic acids is 3. The first-order valence-corrected chi connectivity index (χ1v) is 19.9. The fourth-order valence-electron chi connectivity index (χ4n) is 3.75. The van der Waals surface area contributed by atoms with Crippen LogP contribution in [0.2, 0.25) is 0 Å². The fraction of sp³-hybridized carbons (Fsp3) is 0.0357. The predicted molar refractivity (Wildman–Crippen MR) is 215 cm³/mol. The second kappa shape index (κ2) is 15.4. The number of benzene rings is 4. The molecule has 3 N–H and O–H groups in total. The van der Waals surface area contributed by atoms with Gasteiger partial charge in [-0.1, -0.05) is 0 Å². The van der Waals surface area contributed by atoms with Crippen molar-refractivity contribution in [3.8, 4) is 28.7 Å². The summed E-state index contributed by atoms with van der Waals surface area (Å²) < 4.78 is 52.0. The van der Waals surface area contributed by atoms with E-state index in [2.05, 4.69) is 0 Å². The van der Waals surface area contributed by atoms with Crippen LogP contribution in [-0.2, 0) is 10.1 Å². The van der Waals surface area contributed by atoms with Gasteiger partial charge in [0.05, 0.1) is 12.7 Å². The first kappa shape index (κ1) is 38.0. The summed E-state index contributed by atoms with van der Waals surface area (Å²) in [5.41, 5.74) is -0.408. The van der Waals surface area contributed by atoms with Gasteiger partial charge < -0.3 is 24.4 Å². The molecule has 240 valence electrons. The molecule has 0 heterocycles. The van der Waals surface area contributed by atoms with E-state index in [1.54, 1.807) is 57.3 Å². The second-order valence-corrected chi connectivity index (χ2v) is 17.5. The number of phenolic OH excluding ortho intramolecular Hbond substituents is 2. The van der Waals surface area contributed by atoms with Crippen molar-refractivity contribution in [2.24, 2.45) is 0 Å². The Morgan fingerprint density at radius 2 is 1.02 bits per heavy atom. The van der Waals surface area contributed by atoms with Crippen LogP contribution in [0.15, 0.2) is 53.4 Å². The highest BCUT2D eigenvalue weighted by molar-refractivity contribution is 14.1. The largest absolute Gasteiger partial charge is 0.506 e. The van der Waals surface area contributed by atoms with E-state index >= 15 is 0 Å². The van der Waals surface area contributed by atoms with Crippen molar-refractivity contribution >= 4 is 164 Å². The third-order valence-electron chi connectivity index (χ3n) is 5.89. The van der Waals surface area contributed by atoms with Crippen molar-refractivity contribution in [1.82, 2.24) is 0 Å². The van der Waals surface area contributed by atoms with Crippen molar-refractivity contribution in [3.05, 3.63) is 92.2 Å². The summed E-state index contributed by atoms with van der Waals surface area (Å²) in [5.74, 6) is -4.03. The van der Waals surface area contributed by atoms with Crippen LogP contribution in [0.25, 0.3) is 0 Å². The second-order valence-electron chi connectivity index (χ2n) is 9.02. The standard InChI is InChI=1S/C28H14I6O11S/c1-10-21(44-27(38)15-4-12(29)6-17(31)23(15)35)2-11(3-22(10)45-28(39)16-5-13(30)7-18(32)24(16)36)26(37)43-14-8-19(33)25(20(34)9-14)46(40,41)42/h2-9,35-36H,1H3,(H,40,41,42). The molecule has 4 aromatic rings. The van der Waals surface area contributed by atoms with E-state index in [4.69, 9.17) is 14.2 Å². The Labute approximate surface area is 343 Å². The number of phenols is 2. The lowest BCUT2D eigenvalue weighted by Gasteiger charge is -2.16. The van der Waals surface area contributed by atoms with Gasteiger partial charge in [0.1, 0.15) is 44.8 Å². The summed E-state index contributed by atoms with van der Waals surface area (Å²) in [7, 11) is -4.55. The Kier molecular flexibility index (Phi) is 12.7. The van der Waals surface area contributed by atoms with Gasteiger partial charge >= 0.3 is 17.9 Å². The molecule has 18 heteroatoms. The Morgan fingerprint density at radius 3 is 1.41 bits per heavy atom. The quantitative estimate of drug-likeness (QED) is 0.0710. The molecule has 0 unspecified atom stereocenters. The molecule has 0 aromatic heterocycles. The number of hydrogen-bond acceptors (Lipinski definition) is 10. The van der Waals surface area contributed by atoms with Gasteiger partial charge in [-0.25, -0.2) is 14.4 Å². The minimum absolute atomic E-state index is 0.0689. The molecule has 0 fully saturated rings. The summed E-state index contributed by atoms with van der Waals surface area (Å²) in [6, 6.07) is 10.9. The lowest BCUT2D eigenvalue weighted by Crippen LogP contribution is -2.16. The molecule has 11 nitrogen and oxygen atoms in total. The minimum atomic E-state index is -4.55. The highest BCUT2D eigenvalue weighted by Crippen LogP contribution is 2.36. The molecule has 4 rings (SSSR count). The van der Waals surface area contributed by atoms with Crippen LogP contribution < -0.4 is 14.2 Å². The van der Waals surface area contributed by atoms with Crippen LogP contribution >= 0.6 is 136 Å². The molecule has 0 bridgehead atoms. The van der Waals surface area contributed by atoms with Gasteiger partial charge in [0, 0.05) is 19.8 Å². The zero-order valence-corrected chi connectivity index (χ0v) is 36.2. The number of hydrogen-bond donors (Lipinski definition) is 3. The molecule has 0 radical (unpaired) electrons. The normalized spacial score (nSPS) is 11.2. The third-order valence-corrected chi connectivity index (χ3v) is 12.2. The molecular formula is C28H14I6O11S. The zero-order valence-electron chi connectivity index (χ0n) is 22.4. The fourth-order valence-corrected chi connectivity index (χ4v) is 11.4. The molecule has 0 atom stereocenters. The van der Waals surface area contributed by atoms with Crippen LogP contribution in [0.3, 0.4) is 0 Å². The molecule has 0 aliphatic rings. The molecule has 0 aliphatic heterocycles. The third kappa shape index (κ3) is 8.85. The van der Waals surface area contributed by atoms with Crippen molar-refractivity contribution in [2.75, 3.05) is 0 Å². The van der Waals surface area contributed by atoms with Crippen LogP contribution in [0.4, 0.5) is 0 Å². The summed E-state index contributed by atoms with van der Waals surface area (Å²) in [4.78, 5) is 39.4. The average Bonchev–Trinajstić information content (AvgIpc) is 2.93. The molecule has 0 saturated heterocycles. The van der Waals surface area contributed by atoms with Gasteiger partial charge in [0.15, 0.2) is 0 Å². The number of aromatic hydroxyl groups is 2. The Balaban J connectivity index is 1.78. The first-order valence-electron chi connectivity index (χ1n) is 12.0. The van der Waals surface area contributed by atoms with Gasteiger partial charge in [-0.05, 0) is 191 Å². The first-order chi connectivity index (χ1) is 21.4. The Morgan fingerprint density at radius 1 is 0.609 bits per heavy atom. The highest BCUT2D eigenvalue weighted by Gasteiger charge is 2.26. The van der Waals surface area contributed by atoms with Crippen molar-refractivity contribution < 1.29 is 51.8 Å². The summed E-state index contributed by atoms with van der Waals surface area (Å²) in [5, 5.41) is 21.0. The van der Waals surface area contributed by atoms with E-state index in [1.807, 2.05) is 90.4 Å². The molecule has 0 aliphatic carbocycles. The van der Waals surface area contributed by atoms with Crippen molar-refractivity contribution in [2.45, 2.75) is 11.8 Å². The Bertz CT molecular complexity index is 1950. The van der Waals surface area contributed by atoms with E-state index in [1.165, 1.54) is 43.3 Å². The van der Waals surface area contributed by atoms with Crippen LogP contribution in [0.1, 0.15) is 36.6 Å². The van der Waals surface area contributed by atoms with E-state index in [-0.39, 0.29) is 63.0 Å². The average molecular weight is 1320 g/mol. The van der Waals surface area contributed by atoms with Crippen molar-refractivity contribution in [1.29, 1.82) is 0 Å². The molecule has 46 heavy (non-hydrogen) atoms. The lowest BCUT2D eigenvalue weighted by atomic mass is 10.1. The summed E-state index contributed by atoms with van der Waals surface area (Å²) in [6.07, 6.45) is 0. The van der Waals surface area contributed by atoms with Gasteiger partial charge in [-0.15, -0.1) is 0 Å². The number of esters is 3. The molecular weight excluding hydrogens is 1310 g/mol.